The van der Waals surface area contributed by atoms with E-state index in [0.29, 0.717) is 5.17 Å². The van der Waals surface area contributed by atoms with Gasteiger partial charge in [0, 0.05) is 10.6 Å². The van der Waals surface area contributed by atoms with Crippen LogP contribution in [0.2, 0.25) is 0 Å². The third-order valence-electron chi connectivity index (χ3n) is 3.15. The van der Waals surface area contributed by atoms with Gasteiger partial charge >= 0.3 is 0 Å². The molecular weight excluding hydrogens is 296 g/mol. The van der Waals surface area contributed by atoms with Crippen molar-refractivity contribution in [3.05, 3.63) is 65.7 Å². The van der Waals surface area contributed by atoms with Crippen molar-refractivity contribution in [2.45, 2.75) is 23.6 Å². The molecule has 2 N–H and O–H groups in total. The molecule has 2 aromatic carbocycles. The van der Waals surface area contributed by atoms with Gasteiger partial charge in [-0.05, 0) is 36.4 Å². The molecule has 2 nitrogen and oxygen atoms in total. The number of benzene rings is 2. The van der Waals surface area contributed by atoms with Gasteiger partial charge in [-0.25, -0.2) is 0 Å². The summed E-state index contributed by atoms with van der Waals surface area (Å²) in [5.41, 5.74) is 8.48. The molecule has 0 aromatic heterocycles. The monoisotopic (exact) mass is 316 g/mol. The molecule has 0 heterocycles. The maximum absolute atomic E-state index is 6.02. The van der Waals surface area contributed by atoms with Gasteiger partial charge in [0.2, 0.25) is 0 Å². The van der Waals surface area contributed by atoms with Crippen LogP contribution in [0.4, 0.5) is 0 Å². The second kappa shape index (κ2) is 8.15. The standard InChI is InChI=1S/C17H20N2S2/c1-13(15-6-4-3-5-7-15)19-17(18)21-12-14-8-10-16(20-2)11-9-14/h3-11,13H,12H2,1-2H3,(H2,18,19)/t13-/m1/s1. The summed E-state index contributed by atoms with van der Waals surface area (Å²) in [6.45, 7) is 2.07. The van der Waals surface area contributed by atoms with E-state index in [4.69, 9.17) is 5.73 Å². The van der Waals surface area contributed by atoms with Crippen LogP contribution in [0.15, 0.2) is 64.5 Å². The first-order valence-electron chi connectivity index (χ1n) is 6.83. The smallest absolute Gasteiger partial charge is 0.154 e. The molecule has 0 amide bonds. The van der Waals surface area contributed by atoms with Gasteiger partial charge in [0.25, 0.3) is 0 Å². The summed E-state index contributed by atoms with van der Waals surface area (Å²) in [7, 11) is 0. The lowest BCUT2D eigenvalue weighted by Crippen LogP contribution is -2.08. The molecular formula is C17H20N2S2. The van der Waals surface area contributed by atoms with E-state index in [9.17, 15) is 0 Å². The maximum atomic E-state index is 6.02. The molecule has 1 atom stereocenters. The topological polar surface area (TPSA) is 38.4 Å². The Morgan fingerprint density at radius 1 is 1.10 bits per heavy atom. The number of nitrogens with zero attached hydrogens (tertiary/aromatic N) is 1. The average Bonchev–Trinajstić information content (AvgIpc) is 2.54. The van der Waals surface area contributed by atoms with Crippen molar-refractivity contribution in [1.82, 2.24) is 0 Å². The van der Waals surface area contributed by atoms with Gasteiger partial charge < -0.3 is 5.73 Å². The van der Waals surface area contributed by atoms with Gasteiger partial charge in [0.05, 0.1) is 6.04 Å². The van der Waals surface area contributed by atoms with E-state index >= 15 is 0 Å². The number of hydrogen-bond donors (Lipinski definition) is 1. The van der Waals surface area contributed by atoms with E-state index in [1.807, 2.05) is 18.2 Å². The summed E-state index contributed by atoms with van der Waals surface area (Å²) in [5.74, 6) is 0.853. The molecule has 0 aliphatic rings. The van der Waals surface area contributed by atoms with Crippen LogP contribution in [-0.2, 0) is 5.75 Å². The molecule has 4 heteroatoms. The van der Waals surface area contributed by atoms with Crippen molar-refractivity contribution in [3.8, 4) is 0 Å². The van der Waals surface area contributed by atoms with Crippen molar-refractivity contribution in [1.29, 1.82) is 0 Å². The lowest BCUT2D eigenvalue weighted by Gasteiger charge is -2.08. The van der Waals surface area contributed by atoms with Gasteiger partial charge in [-0.1, -0.05) is 54.2 Å². The van der Waals surface area contributed by atoms with Crippen LogP contribution in [0.3, 0.4) is 0 Å². The first kappa shape index (κ1) is 16.0. The Bertz CT molecular complexity index is 579. The highest BCUT2D eigenvalue weighted by atomic mass is 32.2. The van der Waals surface area contributed by atoms with Crippen LogP contribution in [-0.4, -0.2) is 11.4 Å². The second-order valence-electron chi connectivity index (χ2n) is 4.69. The van der Waals surface area contributed by atoms with Crippen molar-refractivity contribution in [2.24, 2.45) is 10.7 Å². The molecule has 0 aliphatic carbocycles. The highest BCUT2D eigenvalue weighted by Crippen LogP contribution is 2.20. The van der Waals surface area contributed by atoms with Crippen LogP contribution in [0.5, 0.6) is 0 Å². The Morgan fingerprint density at radius 3 is 2.38 bits per heavy atom. The number of nitrogens with two attached hydrogens (primary N) is 1. The number of aliphatic imine (C=N–C) groups is 1. The number of hydrogen-bond acceptors (Lipinski definition) is 3. The molecule has 0 unspecified atom stereocenters. The van der Waals surface area contributed by atoms with E-state index in [1.165, 1.54) is 16.0 Å². The van der Waals surface area contributed by atoms with E-state index in [0.717, 1.165) is 5.75 Å². The predicted octanol–water partition coefficient (Wildman–Crippen LogP) is 4.72. The zero-order chi connectivity index (χ0) is 15.1. The molecule has 0 fully saturated rings. The molecule has 0 saturated carbocycles. The van der Waals surface area contributed by atoms with Gasteiger partial charge in [-0.15, -0.1) is 11.8 Å². The molecule has 110 valence electrons. The van der Waals surface area contributed by atoms with Crippen molar-refractivity contribution < 1.29 is 0 Å². The zero-order valence-electron chi connectivity index (χ0n) is 12.3. The summed E-state index contributed by atoms with van der Waals surface area (Å²) >= 11 is 3.34. The Labute approximate surface area is 135 Å². The van der Waals surface area contributed by atoms with Crippen LogP contribution in [0.25, 0.3) is 0 Å². The fourth-order valence-corrected chi connectivity index (χ4v) is 3.06. The SMILES string of the molecule is CSc1ccc(CSC(N)=N[C@H](C)c2ccccc2)cc1. The Kier molecular flexibility index (Phi) is 6.21. The van der Waals surface area contributed by atoms with Gasteiger partial charge in [-0.2, -0.15) is 0 Å². The van der Waals surface area contributed by atoms with Crippen LogP contribution in [0.1, 0.15) is 24.1 Å². The average molecular weight is 316 g/mol. The highest BCUT2D eigenvalue weighted by Gasteiger charge is 2.04. The first-order valence-corrected chi connectivity index (χ1v) is 9.04. The summed E-state index contributed by atoms with van der Waals surface area (Å²) in [6, 6.07) is 18.9. The Balaban J connectivity index is 1.91. The van der Waals surface area contributed by atoms with Crippen LogP contribution in [0, 0.1) is 0 Å². The van der Waals surface area contributed by atoms with Gasteiger partial charge in [-0.3, -0.25) is 4.99 Å². The minimum atomic E-state index is 0.0950. The molecule has 0 bridgehead atoms. The molecule has 0 aliphatic heterocycles. The maximum Gasteiger partial charge on any atom is 0.154 e. The fourth-order valence-electron chi connectivity index (χ4n) is 1.91. The van der Waals surface area contributed by atoms with E-state index in [1.54, 1.807) is 23.5 Å². The fraction of sp³-hybridized carbons (Fsp3) is 0.235. The van der Waals surface area contributed by atoms with Gasteiger partial charge in [0.15, 0.2) is 5.17 Å². The van der Waals surface area contributed by atoms with Gasteiger partial charge in [0.1, 0.15) is 0 Å². The first-order chi connectivity index (χ1) is 10.2. The van der Waals surface area contributed by atoms with E-state index in [2.05, 4.69) is 54.6 Å². The number of rotatable bonds is 5. The zero-order valence-corrected chi connectivity index (χ0v) is 14.0. The van der Waals surface area contributed by atoms with E-state index in [-0.39, 0.29) is 6.04 Å². The Morgan fingerprint density at radius 2 is 1.76 bits per heavy atom. The quantitative estimate of drug-likeness (QED) is 0.493. The molecule has 2 aromatic rings. The number of thioether (sulfide) groups is 2. The largest absolute Gasteiger partial charge is 0.379 e. The third-order valence-corrected chi connectivity index (χ3v) is 4.77. The second-order valence-corrected chi connectivity index (χ2v) is 6.57. The molecule has 2 rings (SSSR count). The normalized spacial score (nSPS) is 13.1. The van der Waals surface area contributed by atoms with Crippen LogP contribution >= 0.6 is 23.5 Å². The summed E-state index contributed by atoms with van der Waals surface area (Å²) in [4.78, 5) is 5.83. The molecule has 0 radical (unpaired) electrons. The lowest BCUT2D eigenvalue weighted by atomic mass is 10.1. The third kappa shape index (κ3) is 5.14. The molecule has 0 spiro atoms. The minimum absolute atomic E-state index is 0.0950. The highest BCUT2D eigenvalue weighted by molar-refractivity contribution is 8.13. The Hall–Kier alpha value is -1.39. The molecule has 21 heavy (non-hydrogen) atoms. The number of amidine groups is 1. The summed E-state index contributed by atoms with van der Waals surface area (Å²) in [5, 5.41) is 0.639. The van der Waals surface area contributed by atoms with Crippen molar-refractivity contribution in [2.75, 3.05) is 6.26 Å². The molecule has 0 saturated heterocycles. The lowest BCUT2D eigenvalue weighted by molar-refractivity contribution is 0.822. The van der Waals surface area contributed by atoms with Crippen LogP contribution < -0.4 is 5.73 Å². The predicted molar refractivity (Wildman–Crippen MR) is 96.0 cm³/mol. The minimum Gasteiger partial charge on any atom is -0.379 e. The summed E-state index contributed by atoms with van der Waals surface area (Å²) in [6.07, 6.45) is 2.08. The van der Waals surface area contributed by atoms with Crippen molar-refractivity contribution >= 4 is 28.7 Å². The van der Waals surface area contributed by atoms with Crippen molar-refractivity contribution in [3.63, 3.8) is 0 Å². The summed E-state index contributed by atoms with van der Waals surface area (Å²) < 4.78 is 0. The van der Waals surface area contributed by atoms with E-state index < -0.39 is 0 Å².